The summed E-state index contributed by atoms with van der Waals surface area (Å²) in [5.41, 5.74) is 5.28. The number of nitrogens with one attached hydrogen (secondary N) is 1. The number of halogens is 2. The van der Waals surface area contributed by atoms with E-state index in [1.807, 2.05) is 0 Å². The minimum Gasteiger partial charge on any atom is -0.365 e. The third-order valence-corrected chi connectivity index (χ3v) is 3.18. The quantitative estimate of drug-likeness (QED) is 0.857. The Kier molecular flexibility index (Phi) is 4.31. The van der Waals surface area contributed by atoms with Crippen molar-refractivity contribution >= 4 is 11.6 Å². The summed E-state index contributed by atoms with van der Waals surface area (Å²) in [6, 6.07) is 3.72. The van der Waals surface area contributed by atoms with Crippen LogP contribution in [0.1, 0.15) is 12.8 Å². The summed E-state index contributed by atoms with van der Waals surface area (Å²) in [6.45, 7) is 1.23. The van der Waals surface area contributed by atoms with Gasteiger partial charge < -0.3 is 16.0 Å². The van der Waals surface area contributed by atoms with Crippen molar-refractivity contribution in [1.29, 1.82) is 0 Å². The van der Waals surface area contributed by atoms with Crippen molar-refractivity contribution < 1.29 is 13.6 Å². The summed E-state index contributed by atoms with van der Waals surface area (Å²) in [6.07, 6.45) is 0.939. The monoisotopic (exact) mass is 269 g/mol. The van der Waals surface area contributed by atoms with Gasteiger partial charge in [-0.15, -0.1) is 0 Å². The van der Waals surface area contributed by atoms with Crippen LogP contribution in [0.15, 0.2) is 18.2 Å². The molecule has 0 saturated carbocycles. The summed E-state index contributed by atoms with van der Waals surface area (Å²) in [5.74, 6) is -1.27. The van der Waals surface area contributed by atoms with Gasteiger partial charge in [0.25, 0.3) is 0 Å². The number of nitrogens with zero attached hydrogens (tertiary/aromatic N) is 1. The van der Waals surface area contributed by atoms with Gasteiger partial charge in [-0.1, -0.05) is 6.07 Å². The van der Waals surface area contributed by atoms with Crippen molar-refractivity contribution in [3.63, 3.8) is 0 Å². The molecule has 0 spiro atoms. The molecule has 1 heterocycles. The molecule has 1 unspecified atom stereocenters. The van der Waals surface area contributed by atoms with Crippen LogP contribution in [0.4, 0.5) is 14.5 Å². The maximum Gasteiger partial charge on any atom is 0.221 e. The highest BCUT2D eigenvalue weighted by atomic mass is 19.1. The fourth-order valence-electron chi connectivity index (χ4n) is 2.30. The number of rotatable bonds is 4. The van der Waals surface area contributed by atoms with E-state index < -0.39 is 11.6 Å². The molecule has 3 N–H and O–H groups in total. The van der Waals surface area contributed by atoms with Crippen LogP contribution in [-0.4, -0.2) is 31.6 Å². The smallest absolute Gasteiger partial charge is 0.221 e. The molecule has 0 radical (unpaired) electrons. The molecule has 104 valence electrons. The lowest BCUT2D eigenvalue weighted by Gasteiger charge is -2.20. The zero-order chi connectivity index (χ0) is 13.8. The van der Waals surface area contributed by atoms with Crippen LogP contribution in [0.25, 0.3) is 0 Å². The first-order valence-electron chi connectivity index (χ1n) is 6.30. The summed E-state index contributed by atoms with van der Waals surface area (Å²) < 4.78 is 27.3. The molecule has 0 aromatic heterocycles. The van der Waals surface area contributed by atoms with Gasteiger partial charge in [0.1, 0.15) is 17.3 Å². The number of nitrogens with two attached hydrogens (primary N) is 1. The minimum atomic E-state index is -0.575. The molecule has 1 aromatic carbocycles. The second-order valence-corrected chi connectivity index (χ2v) is 4.61. The molecule has 4 nitrogen and oxygen atoms in total. The number of para-hydroxylation sites is 1. The van der Waals surface area contributed by atoms with E-state index in [2.05, 4.69) is 5.32 Å². The lowest BCUT2D eigenvalue weighted by Crippen LogP contribution is -2.38. The highest BCUT2D eigenvalue weighted by Gasteiger charge is 2.27. The Morgan fingerprint density at radius 2 is 2.11 bits per heavy atom. The lowest BCUT2D eigenvalue weighted by atomic mass is 10.2. The highest BCUT2D eigenvalue weighted by Crippen LogP contribution is 2.26. The number of hydrogen-bond donors (Lipinski definition) is 2. The van der Waals surface area contributed by atoms with E-state index in [-0.39, 0.29) is 24.1 Å². The number of carbonyl (C=O) groups is 1. The maximum absolute atomic E-state index is 13.6. The molecule has 1 fully saturated rings. The normalized spacial score (nSPS) is 18.7. The largest absolute Gasteiger partial charge is 0.365 e. The molecule has 2 rings (SSSR count). The Balaban J connectivity index is 2.00. The molecule has 1 aliphatic rings. The Morgan fingerprint density at radius 1 is 1.42 bits per heavy atom. The molecule has 19 heavy (non-hydrogen) atoms. The first kappa shape index (κ1) is 13.7. The van der Waals surface area contributed by atoms with Crippen molar-refractivity contribution in [2.45, 2.75) is 18.9 Å². The summed E-state index contributed by atoms with van der Waals surface area (Å²) in [5, 5.41) is 2.81. The zero-order valence-corrected chi connectivity index (χ0v) is 10.5. The van der Waals surface area contributed by atoms with Gasteiger partial charge in [-0.25, -0.2) is 8.78 Å². The topological polar surface area (TPSA) is 58.4 Å². The van der Waals surface area contributed by atoms with Crippen LogP contribution in [0.5, 0.6) is 0 Å². The standard InChI is InChI=1S/C13H17F2N3O/c14-10-2-1-3-11(15)13(10)18-7-5-9(8-18)17-12(19)4-6-16/h1-3,9H,4-8,16H2,(H,17,19). The van der Waals surface area contributed by atoms with Crippen molar-refractivity contribution in [3.05, 3.63) is 29.8 Å². The van der Waals surface area contributed by atoms with Gasteiger partial charge in [-0.05, 0) is 18.6 Å². The number of hydrogen-bond acceptors (Lipinski definition) is 3. The molecule has 1 atom stereocenters. The van der Waals surface area contributed by atoms with E-state index in [0.717, 1.165) is 0 Å². The van der Waals surface area contributed by atoms with Gasteiger partial charge >= 0.3 is 0 Å². The first-order chi connectivity index (χ1) is 9.11. The maximum atomic E-state index is 13.6. The number of anilines is 1. The van der Waals surface area contributed by atoms with E-state index in [1.165, 1.54) is 18.2 Å². The van der Waals surface area contributed by atoms with Crippen LogP contribution < -0.4 is 16.0 Å². The van der Waals surface area contributed by atoms with Crippen LogP contribution >= 0.6 is 0 Å². The van der Waals surface area contributed by atoms with Crippen molar-refractivity contribution in [2.24, 2.45) is 5.73 Å². The Labute approximate surface area is 110 Å². The Bertz CT molecular complexity index is 447. The van der Waals surface area contributed by atoms with E-state index in [0.29, 0.717) is 26.1 Å². The summed E-state index contributed by atoms with van der Waals surface area (Å²) in [4.78, 5) is 13.0. The summed E-state index contributed by atoms with van der Waals surface area (Å²) >= 11 is 0. The molecule has 1 amide bonds. The zero-order valence-electron chi connectivity index (χ0n) is 10.5. The number of benzene rings is 1. The van der Waals surface area contributed by atoms with E-state index >= 15 is 0 Å². The van der Waals surface area contributed by atoms with Crippen molar-refractivity contribution in [3.8, 4) is 0 Å². The molecule has 6 heteroatoms. The number of carbonyl (C=O) groups excluding carboxylic acids is 1. The lowest BCUT2D eigenvalue weighted by molar-refractivity contribution is -0.121. The van der Waals surface area contributed by atoms with E-state index in [9.17, 15) is 13.6 Å². The van der Waals surface area contributed by atoms with Gasteiger partial charge in [0.15, 0.2) is 0 Å². The first-order valence-corrected chi connectivity index (χ1v) is 6.30. The van der Waals surface area contributed by atoms with Gasteiger partial charge in [0, 0.05) is 32.1 Å². The van der Waals surface area contributed by atoms with E-state index in [1.54, 1.807) is 4.90 Å². The van der Waals surface area contributed by atoms with Crippen LogP contribution in [-0.2, 0) is 4.79 Å². The van der Waals surface area contributed by atoms with Gasteiger partial charge in [-0.3, -0.25) is 4.79 Å². The molecule has 1 aliphatic heterocycles. The van der Waals surface area contributed by atoms with E-state index in [4.69, 9.17) is 5.73 Å². The van der Waals surface area contributed by atoms with Crippen molar-refractivity contribution in [1.82, 2.24) is 5.32 Å². The predicted octanol–water partition coefficient (Wildman–Crippen LogP) is 1.01. The molecule has 1 saturated heterocycles. The molecule has 0 bridgehead atoms. The second kappa shape index (κ2) is 5.97. The SMILES string of the molecule is NCCC(=O)NC1CCN(c2c(F)cccc2F)C1. The fourth-order valence-corrected chi connectivity index (χ4v) is 2.30. The predicted molar refractivity (Wildman–Crippen MR) is 68.8 cm³/mol. The average molecular weight is 269 g/mol. The average Bonchev–Trinajstić information content (AvgIpc) is 2.77. The highest BCUT2D eigenvalue weighted by molar-refractivity contribution is 5.76. The number of amides is 1. The Morgan fingerprint density at radius 3 is 2.74 bits per heavy atom. The van der Waals surface area contributed by atoms with Gasteiger partial charge in [0.2, 0.25) is 5.91 Å². The van der Waals surface area contributed by atoms with Crippen LogP contribution in [0, 0.1) is 11.6 Å². The summed E-state index contributed by atoms with van der Waals surface area (Å²) in [7, 11) is 0. The second-order valence-electron chi connectivity index (χ2n) is 4.61. The molecular formula is C13H17F2N3O. The molecule has 1 aromatic rings. The molecule has 0 aliphatic carbocycles. The van der Waals surface area contributed by atoms with Gasteiger partial charge in [0.05, 0.1) is 0 Å². The van der Waals surface area contributed by atoms with Crippen LogP contribution in [0.3, 0.4) is 0 Å². The fraction of sp³-hybridized carbons (Fsp3) is 0.462. The minimum absolute atomic E-state index is 0.0157. The third-order valence-electron chi connectivity index (χ3n) is 3.18. The van der Waals surface area contributed by atoms with Gasteiger partial charge in [-0.2, -0.15) is 0 Å². The third kappa shape index (κ3) is 3.20. The van der Waals surface area contributed by atoms with Crippen LogP contribution in [0.2, 0.25) is 0 Å². The Hall–Kier alpha value is -1.69. The molecular weight excluding hydrogens is 252 g/mol. The van der Waals surface area contributed by atoms with Crippen molar-refractivity contribution in [2.75, 3.05) is 24.5 Å².